The molecule has 33 heavy (non-hydrogen) atoms. The highest BCUT2D eigenvalue weighted by molar-refractivity contribution is 7.19. The fourth-order valence-electron chi connectivity index (χ4n) is 3.90. The predicted molar refractivity (Wildman–Crippen MR) is 129 cm³/mol. The second kappa shape index (κ2) is 10.3. The van der Waals surface area contributed by atoms with Crippen molar-refractivity contribution in [1.82, 2.24) is 9.88 Å². The maximum absolute atomic E-state index is 14.7. The molecule has 1 aliphatic heterocycles. The van der Waals surface area contributed by atoms with Crippen LogP contribution in [0.2, 0.25) is 0 Å². The number of halogens is 1. The summed E-state index contributed by atoms with van der Waals surface area (Å²) in [6, 6.07) is 14.7. The Balaban J connectivity index is 1.52. The highest BCUT2D eigenvalue weighted by Gasteiger charge is 2.24. The lowest BCUT2D eigenvalue weighted by Gasteiger charge is -2.33. The van der Waals surface area contributed by atoms with Crippen molar-refractivity contribution >= 4 is 22.2 Å². The number of anilines is 2. The van der Waals surface area contributed by atoms with Crippen LogP contribution in [0.15, 0.2) is 48.5 Å². The van der Waals surface area contributed by atoms with Crippen molar-refractivity contribution in [2.75, 3.05) is 45.3 Å². The molecule has 176 valence electrons. The van der Waals surface area contributed by atoms with Gasteiger partial charge in [0.2, 0.25) is 0 Å². The second-order valence-electron chi connectivity index (χ2n) is 8.61. The number of ether oxygens (including phenoxy) is 2. The van der Waals surface area contributed by atoms with Gasteiger partial charge >= 0.3 is 0 Å². The summed E-state index contributed by atoms with van der Waals surface area (Å²) in [5.74, 6) is 0.379. The molecule has 2 N–H and O–H groups in total. The first-order valence-electron chi connectivity index (χ1n) is 11.0. The summed E-state index contributed by atoms with van der Waals surface area (Å²) in [5.41, 5.74) is 0.912. The third-order valence-corrected chi connectivity index (χ3v) is 6.76. The van der Waals surface area contributed by atoms with Crippen LogP contribution in [0.3, 0.4) is 0 Å². The molecule has 1 fully saturated rings. The van der Waals surface area contributed by atoms with Crippen LogP contribution in [0.25, 0.3) is 10.4 Å². The van der Waals surface area contributed by atoms with Crippen molar-refractivity contribution in [3.05, 3.63) is 65.6 Å². The smallest absolute Gasteiger partial charge is 0.132 e. The van der Waals surface area contributed by atoms with Crippen molar-refractivity contribution in [2.24, 2.45) is 0 Å². The Bertz CT molecular complexity index is 1080. The van der Waals surface area contributed by atoms with Gasteiger partial charge in [0.25, 0.3) is 0 Å². The number of aliphatic hydroxyl groups is 1. The van der Waals surface area contributed by atoms with E-state index in [1.807, 2.05) is 30.3 Å². The zero-order chi connectivity index (χ0) is 23.4. The molecule has 0 aliphatic carbocycles. The Hall–Kier alpha value is -2.36. The molecule has 0 spiro atoms. The van der Waals surface area contributed by atoms with Crippen LogP contribution in [0, 0.1) is 5.82 Å². The van der Waals surface area contributed by atoms with Gasteiger partial charge in [0.1, 0.15) is 11.6 Å². The molecular weight excluding hydrogens is 441 g/mol. The number of hydrogen-bond acceptors (Lipinski definition) is 7. The van der Waals surface area contributed by atoms with Gasteiger partial charge in [0.05, 0.1) is 42.2 Å². The van der Waals surface area contributed by atoms with E-state index in [0.717, 1.165) is 34.5 Å². The monoisotopic (exact) mass is 471 g/mol. The number of hydrogen-bond donors (Lipinski definition) is 2. The molecule has 1 unspecified atom stereocenters. The number of rotatable bonds is 8. The Morgan fingerprint density at radius 2 is 2.00 bits per heavy atom. The number of thiophene rings is 1. The average molecular weight is 472 g/mol. The summed E-state index contributed by atoms with van der Waals surface area (Å²) >= 11 is 1.46. The van der Waals surface area contributed by atoms with Crippen LogP contribution in [0.4, 0.5) is 15.2 Å². The number of benzene rings is 1. The zero-order valence-corrected chi connectivity index (χ0v) is 20.0. The van der Waals surface area contributed by atoms with E-state index in [1.165, 1.54) is 17.4 Å². The number of methoxy groups -OCH3 is 1. The molecule has 0 bridgehead atoms. The molecule has 6 nitrogen and oxygen atoms in total. The van der Waals surface area contributed by atoms with Crippen molar-refractivity contribution in [3.8, 4) is 10.4 Å². The van der Waals surface area contributed by atoms with Crippen LogP contribution in [0.5, 0.6) is 0 Å². The molecule has 3 aromatic rings. The maximum atomic E-state index is 14.7. The molecule has 8 heteroatoms. The Morgan fingerprint density at radius 3 is 2.70 bits per heavy atom. The van der Waals surface area contributed by atoms with Crippen LogP contribution in [-0.4, -0.2) is 55.0 Å². The van der Waals surface area contributed by atoms with Crippen molar-refractivity contribution in [1.29, 1.82) is 0 Å². The number of aromatic nitrogens is 1. The summed E-state index contributed by atoms with van der Waals surface area (Å²) in [6.07, 6.45) is 0. The largest absolute Gasteiger partial charge is 0.386 e. The molecule has 1 aliphatic rings. The minimum Gasteiger partial charge on any atom is -0.386 e. The first-order chi connectivity index (χ1) is 15.8. The number of nitrogens with zero attached hydrogens (tertiary/aromatic N) is 2. The first kappa shape index (κ1) is 23.8. The Kier molecular flexibility index (Phi) is 7.41. The molecule has 1 aromatic carbocycles. The highest BCUT2D eigenvalue weighted by atomic mass is 32.1. The van der Waals surface area contributed by atoms with Gasteiger partial charge in [-0.25, -0.2) is 9.37 Å². The average Bonchev–Trinajstić information content (AvgIpc) is 3.25. The second-order valence-corrected chi connectivity index (χ2v) is 9.69. The Labute approximate surface area is 198 Å². The van der Waals surface area contributed by atoms with Gasteiger partial charge in [-0.3, -0.25) is 4.90 Å². The van der Waals surface area contributed by atoms with Gasteiger partial charge in [-0.05, 0) is 49.7 Å². The van der Waals surface area contributed by atoms with Crippen molar-refractivity contribution in [3.63, 3.8) is 0 Å². The minimum atomic E-state index is -1.08. The van der Waals surface area contributed by atoms with Gasteiger partial charge in [-0.1, -0.05) is 18.2 Å². The third-order valence-electron chi connectivity index (χ3n) is 5.72. The van der Waals surface area contributed by atoms with Crippen molar-refractivity contribution < 1.29 is 19.0 Å². The van der Waals surface area contributed by atoms with Crippen LogP contribution < -0.4 is 5.32 Å². The molecule has 1 saturated heterocycles. The predicted octanol–water partition coefficient (Wildman–Crippen LogP) is 4.94. The normalized spacial score (nSPS) is 16.0. The van der Waals surface area contributed by atoms with Crippen LogP contribution in [-0.2, 0) is 15.1 Å². The number of pyridine rings is 1. The molecule has 0 radical (unpaired) electrons. The molecule has 4 rings (SSSR count). The molecule has 3 heterocycles. The quantitative estimate of drug-likeness (QED) is 0.485. The molecule has 0 amide bonds. The summed E-state index contributed by atoms with van der Waals surface area (Å²) in [4.78, 5) is 7.97. The number of nitrogens with one attached hydrogen (secondary N) is 1. The van der Waals surface area contributed by atoms with Crippen LogP contribution in [0.1, 0.15) is 31.1 Å². The SMILES string of the molecule is COCC(c1cccc(Nc2ccc(-c3ccc(C(C)(C)O)cc3F)s2)n1)N1CCOCC1. The van der Waals surface area contributed by atoms with Gasteiger partial charge < -0.3 is 19.9 Å². The minimum absolute atomic E-state index is 0.0583. The summed E-state index contributed by atoms with van der Waals surface area (Å²) < 4.78 is 25.7. The zero-order valence-electron chi connectivity index (χ0n) is 19.2. The van der Waals surface area contributed by atoms with Gasteiger partial charge in [0.15, 0.2) is 0 Å². The lowest BCUT2D eigenvalue weighted by Crippen LogP contribution is -2.41. The molecule has 1 atom stereocenters. The molecular formula is C25H30FN3O3S. The molecule has 2 aromatic heterocycles. The van der Waals surface area contributed by atoms with Crippen LogP contribution >= 0.6 is 11.3 Å². The fraction of sp³-hybridized carbons (Fsp3) is 0.400. The van der Waals surface area contributed by atoms with Crippen molar-refractivity contribution in [2.45, 2.75) is 25.5 Å². The lowest BCUT2D eigenvalue weighted by molar-refractivity contribution is -0.00492. The summed E-state index contributed by atoms with van der Waals surface area (Å²) in [7, 11) is 1.70. The third kappa shape index (κ3) is 5.77. The van der Waals surface area contributed by atoms with E-state index >= 15 is 0 Å². The first-order valence-corrected chi connectivity index (χ1v) is 11.8. The number of morpholine rings is 1. The maximum Gasteiger partial charge on any atom is 0.132 e. The Morgan fingerprint density at radius 1 is 1.21 bits per heavy atom. The van der Waals surface area contributed by atoms with E-state index in [9.17, 15) is 9.50 Å². The summed E-state index contributed by atoms with van der Waals surface area (Å²) in [6.45, 7) is 6.96. The van der Waals surface area contributed by atoms with E-state index in [4.69, 9.17) is 14.5 Å². The van der Waals surface area contributed by atoms with E-state index in [1.54, 1.807) is 33.1 Å². The van der Waals surface area contributed by atoms with E-state index in [0.29, 0.717) is 30.9 Å². The standard InChI is InChI=1S/C25H30FN3O3S/c1-25(2,30)17-7-8-18(19(26)15-17)22-9-10-24(33-22)28-23-6-4-5-20(27-23)21(16-31-3)29-11-13-32-14-12-29/h4-10,15,21,30H,11-14,16H2,1-3H3,(H,27,28). The van der Waals surface area contributed by atoms with Gasteiger partial charge in [-0.2, -0.15) is 0 Å². The van der Waals surface area contributed by atoms with Gasteiger partial charge in [-0.15, -0.1) is 11.3 Å². The van der Waals surface area contributed by atoms with E-state index in [2.05, 4.69) is 10.2 Å². The lowest BCUT2D eigenvalue weighted by atomic mass is 9.97. The van der Waals surface area contributed by atoms with Gasteiger partial charge in [0, 0.05) is 30.6 Å². The topological polar surface area (TPSA) is 66.8 Å². The van der Waals surface area contributed by atoms with E-state index < -0.39 is 5.60 Å². The molecule has 0 saturated carbocycles. The highest BCUT2D eigenvalue weighted by Crippen LogP contribution is 2.36. The summed E-state index contributed by atoms with van der Waals surface area (Å²) in [5, 5.41) is 14.3. The van der Waals surface area contributed by atoms with E-state index in [-0.39, 0.29) is 11.9 Å². The fourth-order valence-corrected chi connectivity index (χ4v) is 4.84.